The molecule has 0 N–H and O–H groups in total. The number of aryl methyl sites for hydroxylation is 2. The summed E-state index contributed by atoms with van der Waals surface area (Å²) in [5, 5.41) is 0. The van der Waals surface area contributed by atoms with E-state index in [9.17, 15) is 4.79 Å². The average Bonchev–Trinajstić information content (AvgIpc) is 3.43. The lowest BCUT2D eigenvalue weighted by molar-refractivity contribution is -0.132. The van der Waals surface area contributed by atoms with Crippen molar-refractivity contribution in [1.82, 2.24) is 14.5 Å². The number of piperidine rings is 1. The molecule has 2 fully saturated rings. The smallest absolute Gasteiger partial charge is 0.222 e. The van der Waals surface area contributed by atoms with Crippen molar-refractivity contribution in [2.24, 2.45) is 0 Å². The summed E-state index contributed by atoms with van der Waals surface area (Å²) < 4.78 is 2.46. The van der Waals surface area contributed by atoms with Gasteiger partial charge in [0.25, 0.3) is 0 Å². The van der Waals surface area contributed by atoms with Crippen LogP contribution in [0.1, 0.15) is 61.1 Å². The second-order valence-electron chi connectivity index (χ2n) is 7.50. The van der Waals surface area contributed by atoms with Crippen LogP contribution in [0.3, 0.4) is 0 Å². The standard InChI is InChI=1S/C21H27N3O/c1-16-15-22-21(18-8-9-18)24(16)19-11-13-23(14-12-19)20(25)10-7-17-5-3-2-4-6-17/h2-6,15,18-19H,7-14H2,1H3. The van der Waals surface area contributed by atoms with Crippen LogP contribution in [0.4, 0.5) is 0 Å². The Labute approximate surface area is 149 Å². The molecule has 1 aromatic heterocycles. The summed E-state index contributed by atoms with van der Waals surface area (Å²) >= 11 is 0. The third kappa shape index (κ3) is 3.63. The van der Waals surface area contributed by atoms with E-state index in [4.69, 9.17) is 0 Å². The zero-order valence-corrected chi connectivity index (χ0v) is 15.0. The molecule has 0 unspecified atom stereocenters. The molecule has 4 rings (SSSR count). The Balaban J connectivity index is 1.32. The number of amides is 1. The van der Waals surface area contributed by atoms with E-state index in [0.29, 0.717) is 24.3 Å². The zero-order chi connectivity index (χ0) is 17.2. The number of likely N-dealkylation sites (tertiary alicyclic amines) is 1. The third-order valence-corrected chi connectivity index (χ3v) is 5.61. The fraction of sp³-hybridized carbons (Fsp3) is 0.524. The normalized spacial score (nSPS) is 18.5. The SMILES string of the molecule is Cc1cnc(C2CC2)n1C1CCN(C(=O)CCc2ccccc2)CC1. The van der Waals surface area contributed by atoms with Gasteiger partial charge >= 0.3 is 0 Å². The van der Waals surface area contributed by atoms with Crippen LogP contribution in [0.2, 0.25) is 0 Å². The molecule has 25 heavy (non-hydrogen) atoms. The number of benzene rings is 1. The predicted octanol–water partition coefficient (Wildman–Crippen LogP) is 3.87. The predicted molar refractivity (Wildman–Crippen MR) is 98.6 cm³/mol. The van der Waals surface area contributed by atoms with Gasteiger partial charge in [-0.3, -0.25) is 4.79 Å². The van der Waals surface area contributed by atoms with Gasteiger partial charge in [-0.2, -0.15) is 0 Å². The number of rotatable bonds is 5. The Morgan fingerprint density at radius 3 is 2.52 bits per heavy atom. The molecule has 1 saturated heterocycles. The Morgan fingerprint density at radius 1 is 1.12 bits per heavy atom. The maximum Gasteiger partial charge on any atom is 0.222 e. The van der Waals surface area contributed by atoms with E-state index in [2.05, 4.69) is 33.5 Å². The lowest BCUT2D eigenvalue weighted by atomic mass is 10.0. The van der Waals surface area contributed by atoms with Crippen molar-refractivity contribution in [2.75, 3.05) is 13.1 Å². The molecule has 2 heterocycles. The van der Waals surface area contributed by atoms with Gasteiger partial charge in [0.1, 0.15) is 5.82 Å². The maximum atomic E-state index is 12.5. The van der Waals surface area contributed by atoms with Crippen LogP contribution in [0, 0.1) is 6.92 Å². The number of carbonyl (C=O) groups excluding carboxylic acids is 1. The minimum atomic E-state index is 0.298. The lowest BCUT2D eigenvalue weighted by Crippen LogP contribution is -2.39. The third-order valence-electron chi connectivity index (χ3n) is 5.61. The number of carbonyl (C=O) groups is 1. The Morgan fingerprint density at radius 2 is 1.84 bits per heavy atom. The highest BCUT2D eigenvalue weighted by Crippen LogP contribution is 2.41. The van der Waals surface area contributed by atoms with Crippen LogP contribution in [-0.2, 0) is 11.2 Å². The van der Waals surface area contributed by atoms with E-state index in [1.807, 2.05) is 24.4 Å². The highest BCUT2D eigenvalue weighted by atomic mass is 16.2. The van der Waals surface area contributed by atoms with Crippen molar-refractivity contribution in [3.8, 4) is 0 Å². The molecule has 132 valence electrons. The van der Waals surface area contributed by atoms with Crippen molar-refractivity contribution < 1.29 is 4.79 Å². The minimum Gasteiger partial charge on any atom is -0.343 e. The summed E-state index contributed by atoms with van der Waals surface area (Å²) in [5.74, 6) is 2.26. The second kappa shape index (κ2) is 7.03. The lowest BCUT2D eigenvalue weighted by Gasteiger charge is -2.34. The molecule has 1 aromatic carbocycles. The van der Waals surface area contributed by atoms with Gasteiger partial charge in [0, 0.05) is 43.4 Å². The average molecular weight is 337 g/mol. The second-order valence-corrected chi connectivity index (χ2v) is 7.50. The summed E-state index contributed by atoms with van der Waals surface area (Å²) in [4.78, 5) is 19.2. The van der Waals surface area contributed by atoms with E-state index < -0.39 is 0 Å². The van der Waals surface area contributed by atoms with E-state index in [1.54, 1.807) is 0 Å². The largest absolute Gasteiger partial charge is 0.343 e. The molecule has 1 aliphatic heterocycles. The first-order valence-electron chi connectivity index (χ1n) is 9.58. The Bertz CT molecular complexity index is 725. The number of imidazole rings is 1. The van der Waals surface area contributed by atoms with Gasteiger partial charge in [-0.25, -0.2) is 4.98 Å². The van der Waals surface area contributed by atoms with Gasteiger partial charge < -0.3 is 9.47 Å². The molecule has 0 radical (unpaired) electrons. The molecule has 1 saturated carbocycles. The maximum absolute atomic E-state index is 12.5. The van der Waals surface area contributed by atoms with Crippen LogP contribution in [0.15, 0.2) is 36.5 Å². The molecular formula is C21H27N3O. The van der Waals surface area contributed by atoms with Crippen molar-refractivity contribution in [1.29, 1.82) is 0 Å². The quantitative estimate of drug-likeness (QED) is 0.831. The van der Waals surface area contributed by atoms with Crippen LogP contribution in [-0.4, -0.2) is 33.4 Å². The van der Waals surface area contributed by atoms with E-state index >= 15 is 0 Å². The molecule has 1 amide bonds. The molecule has 0 spiro atoms. The van der Waals surface area contributed by atoms with Crippen molar-refractivity contribution in [2.45, 2.75) is 57.4 Å². The van der Waals surface area contributed by atoms with Gasteiger partial charge in [-0.15, -0.1) is 0 Å². The summed E-state index contributed by atoms with van der Waals surface area (Å²) in [6.45, 7) is 3.91. The van der Waals surface area contributed by atoms with Gasteiger partial charge in [0.15, 0.2) is 0 Å². The van der Waals surface area contributed by atoms with Crippen molar-refractivity contribution >= 4 is 5.91 Å². The first kappa shape index (κ1) is 16.4. The van der Waals surface area contributed by atoms with E-state index in [0.717, 1.165) is 32.4 Å². The molecule has 0 atom stereocenters. The number of nitrogens with zero attached hydrogens (tertiary/aromatic N) is 3. The van der Waals surface area contributed by atoms with Crippen molar-refractivity contribution in [3.05, 3.63) is 53.6 Å². The molecule has 2 aromatic rings. The number of hydrogen-bond donors (Lipinski definition) is 0. The summed E-state index contributed by atoms with van der Waals surface area (Å²) in [5.41, 5.74) is 2.52. The molecule has 0 bridgehead atoms. The van der Waals surface area contributed by atoms with Gasteiger partial charge in [-0.1, -0.05) is 30.3 Å². The number of aromatic nitrogens is 2. The van der Waals surface area contributed by atoms with Crippen LogP contribution < -0.4 is 0 Å². The topological polar surface area (TPSA) is 38.1 Å². The molecule has 4 heteroatoms. The van der Waals surface area contributed by atoms with Gasteiger partial charge in [-0.05, 0) is 44.6 Å². The summed E-state index contributed by atoms with van der Waals surface area (Å²) in [7, 11) is 0. The minimum absolute atomic E-state index is 0.298. The molecule has 4 nitrogen and oxygen atoms in total. The van der Waals surface area contributed by atoms with Gasteiger partial charge in [0.05, 0.1) is 0 Å². The van der Waals surface area contributed by atoms with E-state index in [1.165, 1.54) is 29.9 Å². The molecular weight excluding hydrogens is 310 g/mol. The first-order valence-corrected chi connectivity index (χ1v) is 9.58. The number of hydrogen-bond acceptors (Lipinski definition) is 2. The van der Waals surface area contributed by atoms with Gasteiger partial charge in [0.2, 0.25) is 5.91 Å². The highest BCUT2D eigenvalue weighted by Gasteiger charge is 2.32. The monoisotopic (exact) mass is 337 g/mol. The fourth-order valence-corrected chi connectivity index (χ4v) is 4.01. The Kier molecular flexibility index (Phi) is 4.60. The molecule has 1 aliphatic carbocycles. The highest BCUT2D eigenvalue weighted by molar-refractivity contribution is 5.76. The fourth-order valence-electron chi connectivity index (χ4n) is 4.01. The van der Waals surface area contributed by atoms with E-state index in [-0.39, 0.29) is 0 Å². The summed E-state index contributed by atoms with van der Waals surface area (Å²) in [6, 6.07) is 10.8. The zero-order valence-electron chi connectivity index (χ0n) is 15.0. The van der Waals surface area contributed by atoms with Crippen LogP contribution in [0.5, 0.6) is 0 Å². The molecule has 2 aliphatic rings. The van der Waals surface area contributed by atoms with Crippen LogP contribution >= 0.6 is 0 Å². The first-order chi connectivity index (χ1) is 12.2. The summed E-state index contributed by atoms with van der Waals surface area (Å²) in [6.07, 6.45) is 8.14. The Hall–Kier alpha value is -2.10. The van der Waals surface area contributed by atoms with Crippen molar-refractivity contribution in [3.63, 3.8) is 0 Å². The van der Waals surface area contributed by atoms with Crippen LogP contribution in [0.25, 0.3) is 0 Å².